The van der Waals surface area contributed by atoms with E-state index in [0.29, 0.717) is 0 Å². The zero-order valence-electron chi connectivity index (χ0n) is 8.10. The molecular formula is C6H2Cl2F10O. The average molecular weight is 351 g/mol. The largest absolute Gasteiger partial charge is 0.453 e. The summed E-state index contributed by atoms with van der Waals surface area (Å²) < 4.78 is 125. The number of hydrogen-bond acceptors (Lipinski definition) is 1. The summed E-state index contributed by atoms with van der Waals surface area (Å²) in [6, 6.07) is 0. The Hall–Kier alpha value is -0.160. The Kier molecular flexibility index (Phi) is 5.27. The molecule has 0 aromatic carbocycles. The highest BCUT2D eigenvalue weighted by molar-refractivity contribution is 6.20. The summed E-state index contributed by atoms with van der Waals surface area (Å²) in [4.78, 5) is 0. The van der Waals surface area contributed by atoms with Crippen molar-refractivity contribution in [3.05, 3.63) is 0 Å². The van der Waals surface area contributed by atoms with Gasteiger partial charge in [0.1, 0.15) is 0 Å². The Labute approximate surface area is 108 Å². The second kappa shape index (κ2) is 5.32. The summed E-state index contributed by atoms with van der Waals surface area (Å²) in [5.41, 5.74) is -8.61. The van der Waals surface area contributed by atoms with E-state index in [1.165, 1.54) is 0 Å². The molecule has 0 aliphatic carbocycles. The third-order valence-electron chi connectivity index (χ3n) is 1.63. The minimum atomic E-state index is -6.53. The van der Waals surface area contributed by atoms with E-state index >= 15 is 0 Å². The molecule has 0 rings (SSSR count). The van der Waals surface area contributed by atoms with Crippen molar-refractivity contribution in [2.24, 2.45) is 0 Å². The van der Waals surface area contributed by atoms with Crippen LogP contribution in [0.5, 0.6) is 0 Å². The molecule has 0 aliphatic rings. The number of ether oxygens (including phenoxy) is 1. The molecule has 0 aromatic rings. The summed E-state index contributed by atoms with van der Waals surface area (Å²) in [6.07, 6.45) is -13.1. The number of halogens is 12. The molecule has 4 unspecified atom stereocenters. The Balaban J connectivity index is 5.69. The smallest absolute Gasteiger partial charge is 0.287 e. The molecule has 116 valence electrons. The first kappa shape index (κ1) is 18.8. The van der Waals surface area contributed by atoms with Crippen LogP contribution in [0, 0.1) is 0 Å². The Bertz CT molecular complexity index is 284. The summed E-state index contributed by atoms with van der Waals surface area (Å²) in [5, 5.41) is 0. The summed E-state index contributed by atoms with van der Waals surface area (Å²) in [7, 11) is 0. The van der Waals surface area contributed by atoms with Crippen LogP contribution in [0.1, 0.15) is 0 Å². The molecule has 0 aromatic heterocycles. The first-order chi connectivity index (χ1) is 8.09. The fourth-order valence-corrected chi connectivity index (χ4v) is 1.00. The second-order valence-electron chi connectivity index (χ2n) is 2.99. The molecule has 0 radical (unpaired) electrons. The van der Waals surface area contributed by atoms with Crippen LogP contribution in [-0.4, -0.2) is 35.3 Å². The minimum absolute atomic E-state index is 2.28. The van der Waals surface area contributed by atoms with E-state index in [1.54, 1.807) is 0 Å². The first-order valence-electron chi connectivity index (χ1n) is 3.87. The summed E-state index contributed by atoms with van der Waals surface area (Å²) >= 11 is 8.09. The normalized spacial score (nSPS) is 23.4. The van der Waals surface area contributed by atoms with Crippen molar-refractivity contribution in [2.75, 3.05) is 0 Å². The maximum Gasteiger partial charge on any atom is 0.453 e. The van der Waals surface area contributed by atoms with Crippen LogP contribution in [0.15, 0.2) is 0 Å². The molecule has 0 fully saturated rings. The van der Waals surface area contributed by atoms with Gasteiger partial charge in [0.05, 0.1) is 0 Å². The lowest BCUT2D eigenvalue weighted by Gasteiger charge is -2.36. The standard InChI is InChI=1S/C6H2Cl2F10O/c7-1(9)3(11,5(13,14)15)19-4(12,2(8)10)6(16,17)18/h1-2H. The van der Waals surface area contributed by atoms with Crippen molar-refractivity contribution in [1.82, 2.24) is 0 Å². The van der Waals surface area contributed by atoms with E-state index in [9.17, 15) is 43.9 Å². The van der Waals surface area contributed by atoms with Gasteiger partial charge in [-0.15, -0.1) is 0 Å². The van der Waals surface area contributed by atoms with Gasteiger partial charge in [0.2, 0.25) is 11.3 Å². The van der Waals surface area contributed by atoms with Crippen LogP contribution in [0.3, 0.4) is 0 Å². The lowest BCUT2D eigenvalue weighted by atomic mass is 10.2. The number of rotatable bonds is 4. The van der Waals surface area contributed by atoms with Gasteiger partial charge < -0.3 is 0 Å². The maximum absolute atomic E-state index is 13.0. The van der Waals surface area contributed by atoms with Crippen LogP contribution in [0.25, 0.3) is 0 Å². The van der Waals surface area contributed by atoms with Gasteiger partial charge >= 0.3 is 24.1 Å². The van der Waals surface area contributed by atoms with Crippen molar-refractivity contribution in [1.29, 1.82) is 0 Å². The molecule has 13 heteroatoms. The van der Waals surface area contributed by atoms with E-state index in [0.717, 1.165) is 0 Å². The molecule has 1 nitrogen and oxygen atoms in total. The van der Waals surface area contributed by atoms with Gasteiger partial charge in [0.25, 0.3) is 0 Å². The van der Waals surface area contributed by atoms with Gasteiger partial charge in [-0.05, 0) is 0 Å². The Morgan fingerprint density at radius 3 is 0.947 bits per heavy atom. The van der Waals surface area contributed by atoms with Crippen molar-refractivity contribution in [3.8, 4) is 0 Å². The fourth-order valence-electron chi connectivity index (χ4n) is 0.668. The zero-order valence-corrected chi connectivity index (χ0v) is 9.61. The Morgan fingerprint density at radius 1 is 0.632 bits per heavy atom. The maximum atomic E-state index is 13.0. The van der Waals surface area contributed by atoms with Crippen LogP contribution in [-0.2, 0) is 4.74 Å². The zero-order chi connectivity index (χ0) is 15.9. The molecule has 19 heavy (non-hydrogen) atoms. The molecular weight excluding hydrogens is 349 g/mol. The van der Waals surface area contributed by atoms with Gasteiger partial charge in [-0.3, -0.25) is 4.74 Å². The SMILES string of the molecule is FC(Cl)C(F)(OC(F)(C(F)Cl)C(F)(F)F)C(F)(F)F. The molecule has 0 saturated carbocycles. The van der Waals surface area contributed by atoms with Gasteiger partial charge in [0.15, 0.2) is 0 Å². The van der Waals surface area contributed by atoms with Gasteiger partial charge in [-0.25, -0.2) is 8.78 Å². The predicted octanol–water partition coefficient (Wildman–Crippen LogP) is 4.53. The molecule has 0 amide bonds. The molecule has 0 heterocycles. The third-order valence-corrected chi connectivity index (χ3v) is 2.19. The molecule has 0 saturated heterocycles. The monoisotopic (exact) mass is 350 g/mol. The van der Waals surface area contributed by atoms with Crippen molar-refractivity contribution in [2.45, 2.75) is 35.3 Å². The van der Waals surface area contributed by atoms with E-state index in [2.05, 4.69) is 27.9 Å². The van der Waals surface area contributed by atoms with Gasteiger partial charge in [0, 0.05) is 0 Å². The van der Waals surface area contributed by atoms with E-state index < -0.39 is 35.3 Å². The van der Waals surface area contributed by atoms with Crippen molar-refractivity contribution >= 4 is 23.2 Å². The third kappa shape index (κ3) is 3.48. The second-order valence-corrected chi connectivity index (χ2v) is 3.76. The molecule has 4 atom stereocenters. The number of alkyl halides is 12. The van der Waals surface area contributed by atoms with Crippen LogP contribution in [0.4, 0.5) is 43.9 Å². The average Bonchev–Trinajstić information content (AvgIpc) is 2.12. The molecule has 0 N–H and O–H groups in total. The highest BCUT2D eigenvalue weighted by Crippen LogP contribution is 2.50. The van der Waals surface area contributed by atoms with E-state index in [-0.39, 0.29) is 0 Å². The number of hydrogen-bond donors (Lipinski definition) is 0. The lowest BCUT2D eigenvalue weighted by Crippen LogP contribution is -2.60. The van der Waals surface area contributed by atoms with Crippen LogP contribution < -0.4 is 0 Å². The lowest BCUT2D eigenvalue weighted by molar-refractivity contribution is -0.444. The minimum Gasteiger partial charge on any atom is -0.287 e. The molecule has 0 spiro atoms. The Morgan fingerprint density at radius 2 is 0.842 bits per heavy atom. The van der Waals surface area contributed by atoms with Gasteiger partial charge in [-0.1, -0.05) is 23.2 Å². The van der Waals surface area contributed by atoms with Crippen LogP contribution >= 0.6 is 23.2 Å². The predicted molar refractivity (Wildman–Crippen MR) is 42.4 cm³/mol. The van der Waals surface area contributed by atoms with Crippen molar-refractivity contribution < 1.29 is 48.6 Å². The first-order valence-corrected chi connectivity index (χ1v) is 4.74. The van der Waals surface area contributed by atoms with Crippen molar-refractivity contribution in [3.63, 3.8) is 0 Å². The summed E-state index contributed by atoms with van der Waals surface area (Å²) in [6.45, 7) is 0. The fraction of sp³-hybridized carbons (Fsp3) is 1.00. The topological polar surface area (TPSA) is 9.23 Å². The molecule has 0 bridgehead atoms. The van der Waals surface area contributed by atoms with E-state index in [1.807, 2.05) is 0 Å². The molecule has 0 aliphatic heterocycles. The van der Waals surface area contributed by atoms with E-state index in [4.69, 9.17) is 0 Å². The highest BCUT2D eigenvalue weighted by atomic mass is 35.5. The van der Waals surface area contributed by atoms with Crippen LogP contribution in [0.2, 0.25) is 0 Å². The summed E-state index contributed by atoms with van der Waals surface area (Å²) in [5.74, 6) is -11.9. The highest BCUT2D eigenvalue weighted by Gasteiger charge is 2.74. The van der Waals surface area contributed by atoms with Gasteiger partial charge in [-0.2, -0.15) is 35.1 Å². The quantitative estimate of drug-likeness (QED) is 0.534.